The third-order valence-electron chi connectivity index (χ3n) is 5.12. The van der Waals surface area contributed by atoms with E-state index in [1.165, 1.54) is 7.11 Å². The van der Waals surface area contributed by atoms with Crippen molar-refractivity contribution in [3.63, 3.8) is 0 Å². The SMILES string of the molecule is COC(=O)c1c(NC(=O)[C@]2(C)CC2(Br)Br)sc(C(=O)Nc2ccccc2C)c1C. The molecule has 0 bridgehead atoms. The number of hydrogen-bond acceptors (Lipinski definition) is 5. The second-order valence-electron chi connectivity index (χ2n) is 7.19. The molecule has 1 fully saturated rings. The lowest BCUT2D eigenvalue weighted by molar-refractivity contribution is -0.120. The van der Waals surface area contributed by atoms with Crippen LogP contribution in [0.15, 0.2) is 24.3 Å². The summed E-state index contributed by atoms with van der Waals surface area (Å²) < 4.78 is 4.41. The second kappa shape index (κ2) is 7.85. The van der Waals surface area contributed by atoms with Crippen LogP contribution in [0.4, 0.5) is 10.7 Å². The summed E-state index contributed by atoms with van der Waals surface area (Å²) in [4.78, 5) is 38.4. The Balaban J connectivity index is 1.93. The van der Waals surface area contributed by atoms with E-state index >= 15 is 0 Å². The maximum Gasteiger partial charge on any atom is 0.341 e. The van der Waals surface area contributed by atoms with Crippen molar-refractivity contribution in [1.29, 1.82) is 0 Å². The summed E-state index contributed by atoms with van der Waals surface area (Å²) in [6.45, 7) is 5.38. The number of benzene rings is 1. The van der Waals surface area contributed by atoms with Crippen LogP contribution in [0.1, 0.15) is 44.5 Å². The third kappa shape index (κ3) is 4.00. The van der Waals surface area contributed by atoms with E-state index in [2.05, 4.69) is 42.5 Å². The Labute approximate surface area is 189 Å². The highest BCUT2D eigenvalue weighted by Crippen LogP contribution is 2.66. The molecule has 9 heteroatoms. The predicted molar refractivity (Wildman–Crippen MR) is 121 cm³/mol. The Hall–Kier alpha value is -1.71. The zero-order valence-electron chi connectivity index (χ0n) is 16.3. The van der Waals surface area contributed by atoms with Gasteiger partial charge in [-0.25, -0.2) is 4.79 Å². The van der Waals surface area contributed by atoms with Gasteiger partial charge in [-0.1, -0.05) is 50.1 Å². The first-order chi connectivity index (χ1) is 13.5. The first kappa shape index (κ1) is 22.0. The van der Waals surface area contributed by atoms with Crippen molar-refractivity contribution in [3.05, 3.63) is 45.8 Å². The molecule has 0 spiro atoms. The lowest BCUT2D eigenvalue weighted by atomic mass is 10.1. The molecule has 0 aliphatic heterocycles. The topological polar surface area (TPSA) is 84.5 Å². The van der Waals surface area contributed by atoms with Gasteiger partial charge in [-0.2, -0.15) is 0 Å². The van der Waals surface area contributed by atoms with Gasteiger partial charge in [0.05, 0.1) is 26.2 Å². The minimum Gasteiger partial charge on any atom is -0.465 e. The van der Waals surface area contributed by atoms with Crippen LogP contribution in [-0.4, -0.2) is 28.1 Å². The van der Waals surface area contributed by atoms with E-state index in [0.29, 0.717) is 27.5 Å². The number of halogens is 2. The van der Waals surface area contributed by atoms with Crippen LogP contribution in [0.2, 0.25) is 0 Å². The van der Waals surface area contributed by atoms with Crippen LogP contribution in [0.3, 0.4) is 0 Å². The normalized spacial score (nSPS) is 19.4. The van der Waals surface area contributed by atoms with Crippen molar-refractivity contribution < 1.29 is 19.1 Å². The molecule has 0 radical (unpaired) electrons. The molecule has 2 aromatic rings. The Morgan fingerprint density at radius 2 is 1.76 bits per heavy atom. The van der Waals surface area contributed by atoms with Crippen molar-refractivity contribution in [1.82, 2.24) is 0 Å². The number of amides is 2. The first-order valence-corrected chi connectivity index (χ1v) is 11.2. The van der Waals surface area contributed by atoms with Crippen LogP contribution in [0.5, 0.6) is 0 Å². The fourth-order valence-electron chi connectivity index (χ4n) is 2.95. The lowest BCUT2D eigenvalue weighted by Crippen LogP contribution is -2.26. The van der Waals surface area contributed by atoms with Gasteiger partial charge >= 0.3 is 5.97 Å². The number of carbonyl (C=O) groups is 3. The zero-order valence-corrected chi connectivity index (χ0v) is 20.3. The number of rotatable bonds is 5. The highest BCUT2D eigenvalue weighted by molar-refractivity contribution is 9.25. The largest absolute Gasteiger partial charge is 0.465 e. The maximum atomic E-state index is 12.9. The molecule has 1 aliphatic carbocycles. The summed E-state index contributed by atoms with van der Waals surface area (Å²) >= 11 is 8.01. The van der Waals surface area contributed by atoms with E-state index in [-0.39, 0.29) is 17.4 Å². The molecule has 0 unspecified atom stereocenters. The average Bonchev–Trinajstić information content (AvgIpc) is 3.02. The van der Waals surface area contributed by atoms with E-state index in [9.17, 15) is 14.4 Å². The first-order valence-electron chi connectivity index (χ1n) is 8.80. The van der Waals surface area contributed by atoms with E-state index in [4.69, 9.17) is 4.74 Å². The maximum absolute atomic E-state index is 12.9. The minimum absolute atomic E-state index is 0.194. The number of anilines is 2. The molecule has 2 amide bonds. The second-order valence-corrected chi connectivity index (χ2v) is 12.0. The molecular formula is C20H20Br2N2O4S. The van der Waals surface area contributed by atoms with Gasteiger partial charge in [0.25, 0.3) is 5.91 Å². The number of nitrogens with one attached hydrogen (secondary N) is 2. The molecule has 1 aromatic carbocycles. The smallest absolute Gasteiger partial charge is 0.341 e. The fourth-order valence-corrected chi connectivity index (χ4v) is 5.51. The van der Waals surface area contributed by atoms with Gasteiger partial charge in [-0.05, 0) is 44.4 Å². The number of aryl methyl sites for hydroxylation is 1. The summed E-state index contributed by atoms with van der Waals surface area (Å²) in [5, 5.41) is 5.98. The molecule has 29 heavy (non-hydrogen) atoms. The zero-order chi connectivity index (χ0) is 21.6. The Bertz CT molecular complexity index is 1020. The van der Waals surface area contributed by atoms with Crippen molar-refractivity contribution in [2.24, 2.45) is 5.41 Å². The van der Waals surface area contributed by atoms with Crippen molar-refractivity contribution in [2.45, 2.75) is 30.4 Å². The quantitative estimate of drug-likeness (QED) is 0.399. The minimum atomic E-state index is -0.665. The van der Waals surface area contributed by atoms with Gasteiger partial charge < -0.3 is 15.4 Å². The molecule has 1 heterocycles. The molecule has 2 N–H and O–H groups in total. The van der Waals surface area contributed by atoms with Gasteiger partial charge in [0.2, 0.25) is 5.91 Å². The van der Waals surface area contributed by atoms with Crippen LogP contribution in [-0.2, 0) is 9.53 Å². The summed E-state index contributed by atoms with van der Waals surface area (Å²) in [7, 11) is 1.27. The van der Waals surface area contributed by atoms with Crippen molar-refractivity contribution in [2.75, 3.05) is 17.7 Å². The van der Waals surface area contributed by atoms with E-state index < -0.39 is 14.6 Å². The molecule has 0 saturated heterocycles. The fraction of sp³-hybridized carbons (Fsp3) is 0.350. The Morgan fingerprint density at radius 3 is 2.31 bits per heavy atom. The Morgan fingerprint density at radius 1 is 1.14 bits per heavy atom. The average molecular weight is 544 g/mol. The van der Waals surface area contributed by atoms with Crippen LogP contribution < -0.4 is 10.6 Å². The molecule has 6 nitrogen and oxygen atoms in total. The van der Waals surface area contributed by atoms with Crippen LogP contribution >= 0.6 is 43.2 Å². The highest BCUT2D eigenvalue weighted by Gasteiger charge is 2.66. The molecule has 154 valence electrons. The third-order valence-corrected chi connectivity index (χ3v) is 8.64. The van der Waals surface area contributed by atoms with Gasteiger partial charge in [-0.3, -0.25) is 9.59 Å². The van der Waals surface area contributed by atoms with Gasteiger partial charge in [0.15, 0.2) is 0 Å². The standard InChI is InChI=1S/C20H20Br2N2O4S/c1-10-7-5-6-8-12(10)23-15(25)14-11(2)13(17(26)28-4)16(29-14)24-18(27)19(3)9-20(19,21)22/h5-8H,9H2,1-4H3,(H,23,25)(H,24,27)/t19-/m0/s1. The Kier molecular flexibility index (Phi) is 5.95. The predicted octanol–water partition coefficient (Wildman–Crippen LogP) is 5.24. The van der Waals surface area contributed by atoms with Crippen molar-refractivity contribution >= 4 is 71.7 Å². The van der Waals surface area contributed by atoms with Gasteiger partial charge in [0, 0.05) is 5.69 Å². The number of thiophene rings is 1. The van der Waals surface area contributed by atoms with Crippen molar-refractivity contribution in [3.8, 4) is 0 Å². The number of ether oxygens (including phenoxy) is 1. The number of alkyl halides is 2. The molecule has 1 saturated carbocycles. The molecular weight excluding hydrogens is 524 g/mol. The summed E-state index contributed by atoms with van der Waals surface area (Å²) in [6.07, 6.45) is 0.602. The van der Waals surface area contributed by atoms with E-state index in [1.54, 1.807) is 13.0 Å². The number of carbonyl (C=O) groups excluding carboxylic acids is 3. The van der Waals surface area contributed by atoms with Crippen LogP contribution in [0.25, 0.3) is 0 Å². The molecule has 3 rings (SSSR count). The summed E-state index contributed by atoms with van der Waals surface area (Å²) in [5.41, 5.74) is 1.60. The van der Waals surface area contributed by atoms with Crippen LogP contribution in [0, 0.1) is 19.3 Å². The lowest BCUT2D eigenvalue weighted by Gasteiger charge is -2.13. The monoisotopic (exact) mass is 542 g/mol. The molecule has 1 atom stereocenters. The number of para-hydroxylation sites is 1. The van der Waals surface area contributed by atoms with E-state index in [0.717, 1.165) is 16.9 Å². The highest BCUT2D eigenvalue weighted by atomic mass is 79.9. The van der Waals surface area contributed by atoms with E-state index in [1.807, 2.05) is 32.0 Å². The molecule has 1 aromatic heterocycles. The summed E-state index contributed by atoms with van der Waals surface area (Å²) in [5.74, 6) is -1.20. The molecule has 1 aliphatic rings. The number of hydrogen-bond donors (Lipinski definition) is 2. The van der Waals surface area contributed by atoms with Gasteiger partial charge in [0.1, 0.15) is 5.00 Å². The number of esters is 1. The number of methoxy groups -OCH3 is 1. The van der Waals surface area contributed by atoms with Gasteiger partial charge in [-0.15, -0.1) is 11.3 Å². The summed E-state index contributed by atoms with van der Waals surface area (Å²) in [6, 6.07) is 7.42.